The molecule has 9 heteroatoms. The number of nitrogens with two attached hydrogens (primary N) is 1. The third-order valence-corrected chi connectivity index (χ3v) is 3.75. The Balaban J connectivity index is 1.83. The fraction of sp³-hybridized carbons (Fsp3) is 0.100. The topological polar surface area (TPSA) is 132 Å². The highest BCUT2D eigenvalue weighted by Gasteiger charge is 2.16. The van der Waals surface area contributed by atoms with E-state index in [0.29, 0.717) is 11.4 Å². The number of amides is 1. The standard InChI is InChI=1S/C20H19N5O4/c1-2-10-28-19(27)14-8-9-15(22-18(26)17-23-20(21)25-24-17)16(11-14)29-12-13-6-4-3-5-7-13/h2-9,11H,1,10,12H2,(H,22,26)(H3,21,23,24,25). The minimum Gasteiger partial charge on any atom is -0.487 e. The number of nitrogens with zero attached hydrogens (tertiary/aromatic N) is 2. The number of hydrogen-bond acceptors (Lipinski definition) is 7. The van der Waals surface area contributed by atoms with Crippen LogP contribution in [-0.4, -0.2) is 33.7 Å². The Hall–Kier alpha value is -4.14. The summed E-state index contributed by atoms with van der Waals surface area (Å²) in [7, 11) is 0. The maximum absolute atomic E-state index is 12.4. The quantitative estimate of drug-likeness (QED) is 0.396. The van der Waals surface area contributed by atoms with Crippen molar-refractivity contribution in [2.45, 2.75) is 6.61 Å². The van der Waals surface area contributed by atoms with Crippen LogP contribution in [0.2, 0.25) is 0 Å². The Morgan fingerprint density at radius 1 is 1.21 bits per heavy atom. The lowest BCUT2D eigenvalue weighted by molar-refractivity contribution is 0.0549. The summed E-state index contributed by atoms with van der Waals surface area (Å²) < 4.78 is 10.9. The molecule has 0 fully saturated rings. The first kappa shape index (κ1) is 19.6. The van der Waals surface area contributed by atoms with Crippen molar-refractivity contribution in [2.24, 2.45) is 0 Å². The molecule has 29 heavy (non-hydrogen) atoms. The maximum Gasteiger partial charge on any atom is 0.338 e. The summed E-state index contributed by atoms with van der Waals surface area (Å²) in [6.45, 7) is 3.84. The van der Waals surface area contributed by atoms with Gasteiger partial charge in [0.05, 0.1) is 11.3 Å². The molecule has 0 aliphatic carbocycles. The number of hydrogen-bond donors (Lipinski definition) is 3. The number of rotatable bonds is 8. The normalized spacial score (nSPS) is 10.2. The maximum atomic E-state index is 12.4. The van der Waals surface area contributed by atoms with E-state index in [1.54, 1.807) is 6.07 Å². The summed E-state index contributed by atoms with van der Waals surface area (Å²) in [5, 5.41) is 8.72. The Morgan fingerprint density at radius 3 is 2.69 bits per heavy atom. The van der Waals surface area contributed by atoms with E-state index in [2.05, 4.69) is 27.1 Å². The first-order chi connectivity index (χ1) is 14.1. The van der Waals surface area contributed by atoms with Gasteiger partial charge >= 0.3 is 5.97 Å². The Morgan fingerprint density at radius 2 is 2.00 bits per heavy atom. The molecule has 0 saturated carbocycles. The third-order valence-electron chi connectivity index (χ3n) is 3.75. The predicted molar refractivity (Wildman–Crippen MR) is 106 cm³/mol. The molecule has 148 valence electrons. The van der Waals surface area contributed by atoms with E-state index in [1.807, 2.05) is 30.3 Å². The molecule has 1 heterocycles. The fourth-order valence-electron chi connectivity index (χ4n) is 2.38. The number of benzene rings is 2. The molecule has 1 aromatic heterocycles. The molecule has 0 unspecified atom stereocenters. The van der Waals surface area contributed by atoms with Crippen molar-refractivity contribution in [3.8, 4) is 5.75 Å². The van der Waals surface area contributed by atoms with Gasteiger partial charge in [-0.25, -0.2) is 4.79 Å². The molecule has 0 atom stereocenters. The van der Waals surface area contributed by atoms with Crippen molar-refractivity contribution in [3.63, 3.8) is 0 Å². The number of anilines is 2. The number of ether oxygens (including phenoxy) is 2. The summed E-state index contributed by atoms with van der Waals surface area (Å²) in [6, 6.07) is 14.0. The highest BCUT2D eigenvalue weighted by atomic mass is 16.5. The van der Waals surface area contributed by atoms with Crippen molar-refractivity contribution >= 4 is 23.5 Å². The zero-order valence-electron chi connectivity index (χ0n) is 15.4. The molecule has 0 bridgehead atoms. The lowest BCUT2D eigenvalue weighted by atomic mass is 10.2. The number of carbonyl (C=O) groups excluding carboxylic acids is 2. The van der Waals surface area contributed by atoms with Crippen LogP contribution < -0.4 is 15.8 Å². The molecule has 3 aromatic rings. The van der Waals surface area contributed by atoms with E-state index in [0.717, 1.165) is 5.56 Å². The van der Waals surface area contributed by atoms with Gasteiger partial charge in [0.2, 0.25) is 11.8 Å². The minimum absolute atomic E-state index is 0.0454. The second-order valence-corrected chi connectivity index (χ2v) is 5.87. The second-order valence-electron chi connectivity index (χ2n) is 5.87. The highest BCUT2D eigenvalue weighted by molar-refractivity contribution is 6.03. The monoisotopic (exact) mass is 393 g/mol. The van der Waals surface area contributed by atoms with E-state index < -0.39 is 11.9 Å². The Bertz CT molecular complexity index is 1020. The van der Waals surface area contributed by atoms with Gasteiger partial charge < -0.3 is 20.5 Å². The summed E-state index contributed by atoms with van der Waals surface area (Å²) >= 11 is 0. The van der Waals surface area contributed by atoms with Crippen molar-refractivity contribution < 1.29 is 19.1 Å². The first-order valence-corrected chi connectivity index (χ1v) is 8.65. The van der Waals surface area contributed by atoms with Gasteiger partial charge in [0.15, 0.2) is 0 Å². The number of esters is 1. The summed E-state index contributed by atoms with van der Waals surface area (Å²) in [5.74, 6) is -0.888. The van der Waals surface area contributed by atoms with Gasteiger partial charge in [0, 0.05) is 0 Å². The largest absolute Gasteiger partial charge is 0.487 e. The van der Waals surface area contributed by atoms with Crippen LogP contribution in [0.3, 0.4) is 0 Å². The average molecular weight is 393 g/mol. The van der Waals surface area contributed by atoms with Crippen molar-refractivity contribution in [3.05, 3.63) is 78.1 Å². The van der Waals surface area contributed by atoms with Gasteiger partial charge in [-0.05, 0) is 23.8 Å². The average Bonchev–Trinajstić information content (AvgIpc) is 3.18. The molecular weight excluding hydrogens is 374 g/mol. The number of aromatic amines is 1. The molecule has 4 N–H and O–H groups in total. The lowest BCUT2D eigenvalue weighted by Crippen LogP contribution is -2.15. The number of nitrogen functional groups attached to an aromatic ring is 1. The van der Waals surface area contributed by atoms with E-state index in [4.69, 9.17) is 15.2 Å². The van der Waals surface area contributed by atoms with Gasteiger partial charge in [0.25, 0.3) is 5.91 Å². The van der Waals surface area contributed by atoms with Crippen LogP contribution in [0, 0.1) is 0 Å². The van der Waals surface area contributed by atoms with Crippen LogP contribution in [-0.2, 0) is 11.3 Å². The zero-order chi connectivity index (χ0) is 20.6. The van der Waals surface area contributed by atoms with Gasteiger partial charge in [0.1, 0.15) is 19.0 Å². The minimum atomic E-state index is -0.555. The number of nitrogens with one attached hydrogen (secondary N) is 2. The van der Waals surface area contributed by atoms with Crippen LogP contribution >= 0.6 is 0 Å². The number of carbonyl (C=O) groups is 2. The molecule has 0 spiro atoms. The lowest BCUT2D eigenvalue weighted by Gasteiger charge is -2.13. The molecule has 9 nitrogen and oxygen atoms in total. The molecule has 1 amide bonds. The van der Waals surface area contributed by atoms with E-state index in [-0.39, 0.29) is 30.5 Å². The van der Waals surface area contributed by atoms with Crippen LogP contribution in [0.4, 0.5) is 11.6 Å². The molecule has 0 aliphatic heterocycles. The highest BCUT2D eigenvalue weighted by Crippen LogP contribution is 2.28. The summed E-state index contributed by atoms with van der Waals surface area (Å²) in [5.41, 5.74) is 6.98. The van der Waals surface area contributed by atoms with Crippen LogP contribution in [0.5, 0.6) is 5.75 Å². The number of aromatic nitrogens is 3. The molecule has 0 aliphatic rings. The molecule has 2 aromatic carbocycles. The predicted octanol–water partition coefficient (Wildman–Crippen LogP) is 2.56. The fourth-order valence-corrected chi connectivity index (χ4v) is 2.38. The van der Waals surface area contributed by atoms with Crippen LogP contribution in [0.15, 0.2) is 61.2 Å². The van der Waals surface area contributed by atoms with Crippen LogP contribution in [0.1, 0.15) is 26.5 Å². The van der Waals surface area contributed by atoms with E-state index in [9.17, 15) is 9.59 Å². The SMILES string of the molecule is C=CCOC(=O)c1ccc(NC(=O)c2nc(N)n[nH]2)c(OCc2ccccc2)c1. The Labute approximate surface area is 166 Å². The zero-order valence-corrected chi connectivity index (χ0v) is 15.4. The smallest absolute Gasteiger partial charge is 0.338 e. The van der Waals surface area contributed by atoms with Crippen LogP contribution in [0.25, 0.3) is 0 Å². The van der Waals surface area contributed by atoms with Crippen molar-refractivity contribution in [2.75, 3.05) is 17.7 Å². The van der Waals surface area contributed by atoms with Gasteiger partial charge in [-0.2, -0.15) is 4.98 Å². The Kier molecular flexibility index (Phi) is 6.21. The molecule has 0 saturated heterocycles. The molecular formula is C20H19N5O4. The second kappa shape index (κ2) is 9.18. The van der Waals surface area contributed by atoms with Gasteiger partial charge in [-0.1, -0.05) is 43.0 Å². The van der Waals surface area contributed by atoms with Gasteiger partial charge in [-0.3, -0.25) is 9.89 Å². The molecule has 3 rings (SSSR count). The van der Waals surface area contributed by atoms with E-state index in [1.165, 1.54) is 18.2 Å². The van der Waals surface area contributed by atoms with Crippen molar-refractivity contribution in [1.82, 2.24) is 15.2 Å². The third kappa shape index (κ3) is 5.19. The summed E-state index contributed by atoms with van der Waals surface area (Å²) in [4.78, 5) is 28.3. The first-order valence-electron chi connectivity index (χ1n) is 8.65. The summed E-state index contributed by atoms with van der Waals surface area (Å²) in [6.07, 6.45) is 1.47. The molecule has 0 radical (unpaired) electrons. The van der Waals surface area contributed by atoms with E-state index >= 15 is 0 Å². The number of H-pyrrole nitrogens is 1. The van der Waals surface area contributed by atoms with Gasteiger partial charge in [-0.15, -0.1) is 5.10 Å². The van der Waals surface area contributed by atoms with Crippen molar-refractivity contribution in [1.29, 1.82) is 0 Å².